The maximum atomic E-state index is 13.5. The van der Waals surface area contributed by atoms with Crippen molar-refractivity contribution in [3.05, 3.63) is 214 Å². The summed E-state index contributed by atoms with van der Waals surface area (Å²) in [4.78, 5) is 40.6. The van der Waals surface area contributed by atoms with Gasteiger partial charge in [0.05, 0.1) is 55.9 Å². The van der Waals surface area contributed by atoms with Crippen LogP contribution < -0.4 is 5.32 Å². The maximum absolute atomic E-state index is 13.5. The van der Waals surface area contributed by atoms with Crippen molar-refractivity contribution in [2.24, 2.45) is 29.6 Å². The van der Waals surface area contributed by atoms with E-state index in [4.69, 9.17) is 28.4 Å². The number of esters is 3. The second-order valence-corrected chi connectivity index (χ2v) is 24.0. The summed E-state index contributed by atoms with van der Waals surface area (Å²) in [5.74, 6) is -2.95. The molecule has 6 aromatic rings. The van der Waals surface area contributed by atoms with E-state index in [9.17, 15) is 40.7 Å². The van der Waals surface area contributed by atoms with Crippen LogP contribution in [0.2, 0.25) is 0 Å². The third kappa shape index (κ3) is 15.4. The van der Waals surface area contributed by atoms with Gasteiger partial charge in [-0.15, -0.1) is 0 Å². The van der Waals surface area contributed by atoms with Crippen LogP contribution in [0.5, 0.6) is 0 Å². The Balaban J connectivity index is 0.000000146. The summed E-state index contributed by atoms with van der Waals surface area (Å²) in [7, 11) is 2.06. The monoisotopic (exact) mass is 1220 g/mol. The summed E-state index contributed by atoms with van der Waals surface area (Å²) >= 11 is 0. The summed E-state index contributed by atoms with van der Waals surface area (Å²) in [6.45, 7) is 6.39. The Kier molecular flexibility index (Phi) is 21.6. The van der Waals surface area contributed by atoms with E-state index in [0.29, 0.717) is 44.2 Å². The number of halogens is 6. The largest absolute Gasteiger partial charge is 0.466 e. The number of piperidine rings is 2. The summed E-state index contributed by atoms with van der Waals surface area (Å²) < 4.78 is 117. The van der Waals surface area contributed by atoms with E-state index in [2.05, 4.69) is 17.3 Å². The average Bonchev–Trinajstić information content (AvgIpc) is 3.42. The maximum Gasteiger partial charge on any atom is 0.313 e. The molecule has 4 saturated heterocycles. The SMILES string of the molecule is CCOC(=O)[C@@H]1C2CCC(C2)C[C@@H]1OC(c1ccc(F)cc1)c1ccc(F)cc1.CCOC(=O)[C@@H]1C2CCC(C[C@@H]1OC(c1ccc(F)cc1)c1ccc(F)cc1)N2.CCOC(=O)[C@@H]1C2CCC(C[C@@H]1OC(c1ccc(F)cc1)c1ccc(F)cc1)N2C. The van der Waals surface area contributed by atoms with E-state index in [1.807, 2.05) is 6.92 Å². The molecule has 11 nitrogen and oxygen atoms in total. The van der Waals surface area contributed by atoms with Crippen molar-refractivity contribution in [3.63, 3.8) is 0 Å². The van der Waals surface area contributed by atoms with Crippen LogP contribution in [0.4, 0.5) is 26.3 Å². The molecule has 4 aliphatic heterocycles. The highest BCUT2D eigenvalue weighted by molar-refractivity contribution is 5.75. The lowest BCUT2D eigenvalue weighted by Gasteiger charge is -2.42. The molecule has 6 aromatic carbocycles. The predicted molar refractivity (Wildman–Crippen MR) is 318 cm³/mol. The van der Waals surface area contributed by atoms with Crippen molar-refractivity contribution in [3.8, 4) is 0 Å². The first-order valence-corrected chi connectivity index (χ1v) is 31.0. The van der Waals surface area contributed by atoms with Gasteiger partial charge in [0.25, 0.3) is 0 Å². The number of carbonyl (C=O) groups excluding carboxylic acids is 3. The van der Waals surface area contributed by atoms with Crippen molar-refractivity contribution in [2.45, 2.75) is 146 Å². The third-order valence-electron chi connectivity index (χ3n) is 18.5. The molecule has 17 heteroatoms. The second kappa shape index (κ2) is 29.6. The van der Waals surface area contributed by atoms with Crippen LogP contribution in [0.3, 0.4) is 0 Å². The summed E-state index contributed by atoms with van der Waals surface area (Å²) in [5, 5.41) is 3.50. The fraction of sp³-hybridized carbons (Fsp3) is 0.451. The molecule has 4 heterocycles. The van der Waals surface area contributed by atoms with Gasteiger partial charge < -0.3 is 33.7 Å². The number of nitrogens with zero attached hydrogens (tertiary/aromatic N) is 1. The predicted octanol–water partition coefficient (Wildman–Crippen LogP) is 14.1. The van der Waals surface area contributed by atoms with Crippen molar-refractivity contribution in [1.82, 2.24) is 10.2 Å². The lowest BCUT2D eigenvalue weighted by atomic mass is 9.77. The summed E-state index contributed by atoms with van der Waals surface area (Å²) in [6.07, 6.45) is 6.73. The zero-order valence-corrected chi connectivity index (χ0v) is 50.1. The minimum atomic E-state index is -0.532. The van der Waals surface area contributed by atoms with Crippen molar-refractivity contribution in [1.29, 1.82) is 0 Å². The van der Waals surface area contributed by atoms with Crippen LogP contribution >= 0.6 is 0 Å². The van der Waals surface area contributed by atoms with E-state index < -0.39 is 30.1 Å². The number of ether oxygens (including phenoxy) is 6. The molecular weight excluding hydrogens is 1140 g/mol. The molecule has 12 atom stereocenters. The average molecular weight is 1220 g/mol. The highest BCUT2D eigenvalue weighted by atomic mass is 19.1. The molecule has 0 radical (unpaired) electrons. The summed E-state index contributed by atoms with van der Waals surface area (Å²) in [6, 6.07) is 37.5. The molecule has 6 bridgehead atoms. The van der Waals surface area contributed by atoms with E-state index in [1.54, 1.807) is 86.6 Å². The highest BCUT2D eigenvalue weighted by Crippen LogP contribution is 2.49. The minimum absolute atomic E-state index is 0.0277. The molecule has 0 aromatic heterocycles. The number of hydrogen-bond acceptors (Lipinski definition) is 11. The number of rotatable bonds is 18. The van der Waals surface area contributed by atoms with Crippen LogP contribution in [0.25, 0.3) is 0 Å². The molecule has 1 N–H and O–H groups in total. The van der Waals surface area contributed by atoms with Gasteiger partial charge in [-0.1, -0.05) is 79.2 Å². The Bertz CT molecular complexity index is 2950. The Hall–Kier alpha value is -6.89. The smallest absolute Gasteiger partial charge is 0.313 e. The van der Waals surface area contributed by atoms with Gasteiger partial charge in [0, 0.05) is 24.2 Å². The zero-order chi connectivity index (χ0) is 62.0. The normalized spacial score (nSPS) is 26.0. The van der Waals surface area contributed by atoms with Crippen LogP contribution in [-0.4, -0.2) is 92.2 Å². The van der Waals surface area contributed by atoms with Crippen molar-refractivity contribution in [2.75, 3.05) is 26.9 Å². The van der Waals surface area contributed by atoms with Gasteiger partial charge in [-0.25, -0.2) is 26.3 Å². The molecule has 468 valence electrons. The molecule has 6 unspecified atom stereocenters. The van der Waals surface area contributed by atoms with Crippen LogP contribution in [0.1, 0.15) is 137 Å². The van der Waals surface area contributed by atoms with E-state index >= 15 is 0 Å². The fourth-order valence-electron chi connectivity index (χ4n) is 14.4. The van der Waals surface area contributed by atoms with Gasteiger partial charge >= 0.3 is 17.9 Å². The van der Waals surface area contributed by atoms with E-state index in [-0.39, 0.29) is 95.0 Å². The Labute approximate surface area is 511 Å². The fourth-order valence-corrected chi connectivity index (χ4v) is 14.4. The third-order valence-corrected chi connectivity index (χ3v) is 18.5. The molecule has 88 heavy (non-hydrogen) atoms. The molecule has 6 aliphatic rings. The van der Waals surface area contributed by atoms with Gasteiger partial charge in [0.1, 0.15) is 53.2 Å². The number of fused-ring (bicyclic) bond motifs is 6. The standard InChI is InChI=1S/C24H27F2NO3.C24H26F2O3.C23H25F2NO3/c1-3-29-24(28)22-20-13-12-19(27(20)2)14-21(22)30-23(15-4-8-17(25)9-5-15)16-6-10-18(26)11-7-16;1-2-28-24(27)22-18-4-3-15(13-18)14-21(22)29-23(16-5-9-19(25)10-6-16)17-7-11-20(26)12-8-17;1-2-28-23(27)21-19-12-11-18(26-19)13-20(21)29-22(14-3-7-16(24)8-4-14)15-5-9-17(25)10-6-15/h4-11,19-23H,3,12-14H2,1-2H3;5-12,15,18,21-23H,2-4,13-14H2,1H3;3-10,18-22,26H,2,11-13H2,1H3/t19?,20?,21-,22+;15?,18?,21-,22+;18?,19?,20-,21+/m000/s1. The quantitative estimate of drug-likeness (QED) is 0.0503. The second-order valence-electron chi connectivity index (χ2n) is 24.0. The topological polar surface area (TPSA) is 122 Å². The van der Waals surface area contributed by atoms with Crippen LogP contribution in [-0.2, 0) is 42.8 Å². The molecule has 0 spiro atoms. The first-order valence-electron chi connectivity index (χ1n) is 31.0. The van der Waals surface area contributed by atoms with Gasteiger partial charge in [0.15, 0.2) is 0 Å². The number of hydrogen-bond donors (Lipinski definition) is 1. The lowest BCUT2D eigenvalue weighted by Crippen LogP contribution is -2.53. The molecular formula is C71H78F6N2O9. The Morgan fingerprint density at radius 3 is 1.16 bits per heavy atom. The number of carbonyl (C=O) groups is 3. The number of benzene rings is 6. The molecule has 2 aliphatic carbocycles. The van der Waals surface area contributed by atoms with Crippen molar-refractivity contribution >= 4 is 17.9 Å². The molecule has 6 fully saturated rings. The lowest BCUT2D eigenvalue weighted by molar-refractivity contribution is -0.165. The molecule has 0 amide bonds. The van der Waals surface area contributed by atoms with Crippen LogP contribution in [0, 0.1) is 64.5 Å². The molecule has 2 saturated carbocycles. The van der Waals surface area contributed by atoms with E-state index in [0.717, 1.165) is 91.2 Å². The van der Waals surface area contributed by atoms with Gasteiger partial charge in [-0.05, 0) is 204 Å². The van der Waals surface area contributed by atoms with E-state index in [1.165, 1.54) is 72.8 Å². The Morgan fingerprint density at radius 1 is 0.420 bits per heavy atom. The first kappa shape index (κ1) is 64.1. The minimum Gasteiger partial charge on any atom is -0.466 e. The Morgan fingerprint density at radius 2 is 0.773 bits per heavy atom. The summed E-state index contributed by atoms with van der Waals surface area (Å²) in [5.41, 5.74) is 4.59. The van der Waals surface area contributed by atoms with Crippen LogP contribution in [0.15, 0.2) is 146 Å². The molecule has 12 rings (SSSR count). The van der Waals surface area contributed by atoms with Gasteiger partial charge in [-0.3, -0.25) is 19.3 Å². The number of nitrogens with one attached hydrogen (secondary N) is 1. The highest BCUT2D eigenvalue weighted by Gasteiger charge is 2.52. The van der Waals surface area contributed by atoms with Crippen molar-refractivity contribution < 1.29 is 69.1 Å². The zero-order valence-electron chi connectivity index (χ0n) is 50.1. The van der Waals surface area contributed by atoms with Gasteiger partial charge in [-0.2, -0.15) is 0 Å². The first-order chi connectivity index (χ1) is 42.6. The van der Waals surface area contributed by atoms with Gasteiger partial charge in [0.2, 0.25) is 0 Å².